The maximum Gasteiger partial charge on any atom is 0.416 e. The summed E-state index contributed by atoms with van der Waals surface area (Å²) in [6, 6.07) is 4.16. The van der Waals surface area contributed by atoms with Crippen molar-refractivity contribution in [1.82, 2.24) is 14.9 Å². The fraction of sp³-hybridized carbons (Fsp3) is 0.542. The molecule has 0 bridgehead atoms. The number of aliphatic hydroxyl groups excluding tert-OH is 1. The number of alkyl halides is 4. The zero-order valence-corrected chi connectivity index (χ0v) is 20.0. The number of primary amides is 1. The molecule has 1 aliphatic carbocycles. The Kier molecular flexibility index (Phi) is 8.12. The number of carbonyl (C=O) groups excluding carboxylic acids is 1. The molecule has 2 fully saturated rings. The quantitative estimate of drug-likeness (QED) is 0.430. The maximum atomic E-state index is 15.5. The Labute approximate surface area is 210 Å². The Bertz CT molecular complexity index is 1080. The van der Waals surface area contributed by atoms with Gasteiger partial charge in [0.15, 0.2) is 11.6 Å². The van der Waals surface area contributed by atoms with Gasteiger partial charge in [-0.25, -0.2) is 14.4 Å². The van der Waals surface area contributed by atoms with Crippen LogP contribution in [0.4, 0.5) is 33.6 Å². The van der Waals surface area contributed by atoms with E-state index < -0.39 is 35.7 Å². The topological polar surface area (TPSA) is 108 Å². The highest BCUT2D eigenvalue weighted by Crippen LogP contribution is 2.35. The number of aliphatic hydroxyl groups is 1. The largest absolute Gasteiger partial charge is 0.416 e. The second-order valence-corrected chi connectivity index (χ2v) is 9.60. The third-order valence-electron chi connectivity index (χ3n) is 6.89. The summed E-state index contributed by atoms with van der Waals surface area (Å²) in [5.41, 5.74) is 4.91. The van der Waals surface area contributed by atoms with Crippen LogP contribution < -0.4 is 16.0 Å². The molecule has 4 N–H and O–H groups in total. The van der Waals surface area contributed by atoms with Crippen LogP contribution in [-0.2, 0) is 17.5 Å². The number of piperidine rings is 1. The van der Waals surface area contributed by atoms with E-state index in [-0.39, 0.29) is 62.6 Å². The molecule has 1 aromatic carbocycles. The molecule has 2 heterocycles. The van der Waals surface area contributed by atoms with Gasteiger partial charge in [-0.15, -0.1) is 0 Å². The summed E-state index contributed by atoms with van der Waals surface area (Å²) < 4.78 is 67.9. The smallest absolute Gasteiger partial charge is 0.391 e. The van der Waals surface area contributed by atoms with E-state index in [1.54, 1.807) is 9.80 Å². The SMILES string of the molecule is NC(=O)CN1CC[C@@H](CNc2ncnc(N(Cc3ccc(C(F)(F)F)cc3)C3CC(F)C3)c2F)[C@H](O)C1. The van der Waals surface area contributed by atoms with Crippen molar-refractivity contribution in [2.24, 2.45) is 11.7 Å². The van der Waals surface area contributed by atoms with Gasteiger partial charge in [0.2, 0.25) is 11.7 Å². The zero-order chi connectivity index (χ0) is 26.7. The van der Waals surface area contributed by atoms with Crippen LogP contribution in [0.15, 0.2) is 30.6 Å². The molecule has 2 aliphatic rings. The Morgan fingerprint density at radius 3 is 2.51 bits per heavy atom. The van der Waals surface area contributed by atoms with Crippen LogP contribution in [0.2, 0.25) is 0 Å². The van der Waals surface area contributed by atoms with Crippen molar-refractivity contribution in [3.05, 3.63) is 47.5 Å². The first kappa shape index (κ1) is 27.0. The summed E-state index contributed by atoms with van der Waals surface area (Å²) >= 11 is 0. The van der Waals surface area contributed by atoms with Gasteiger partial charge in [0.25, 0.3) is 0 Å². The minimum atomic E-state index is -4.47. The van der Waals surface area contributed by atoms with Crippen molar-refractivity contribution in [3.63, 3.8) is 0 Å². The molecule has 13 heteroatoms. The van der Waals surface area contributed by atoms with Crippen LogP contribution in [0.1, 0.15) is 30.4 Å². The van der Waals surface area contributed by atoms with Crippen molar-refractivity contribution in [3.8, 4) is 0 Å². The molecule has 1 aromatic heterocycles. The minimum Gasteiger partial charge on any atom is -0.391 e. The number of anilines is 2. The summed E-state index contributed by atoms with van der Waals surface area (Å²) in [7, 11) is 0. The van der Waals surface area contributed by atoms with E-state index in [1.807, 2.05) is 0 Å². The molecule has 8 nitrogen and oxygen atoms in total. The van der Waals surface area contributed by atoms with Crippen molar-refractivity contribution in [2.75, 3.05) is 36.4 Å². The first-order chi connectivity index (χ1) is 17.5. The predicted molar refractivity (Wildman–Crippen MR) is 126 cm³/mol. The Hall–Kier alpha value is -3.06. The lowest BCUT2D eigenvalue weighted by Gasteiger charge is -2.40. The highest BCUT2D eigenvalue weighted by atomic mass is 19.4. The first-order valence-electron chi connectivity index (χ1n) is 12.0. The Morgan fingerprint density at radius 1 is 1.22 bits per heavy atom. The van der Waals surface area contributed by atoms with E-state index in [0.29, 0.717) is 18.5 Å². The van der Waals surface area contributed by atoms with Gasteiger partial charge >= 0.3 is 6.18 Å². The number of amides is 1. The number of hydrogen-bond acceptors (Lipinski definition) is 7. The average molecular weight is 529 g/mol. The number of halogens is 5. The van der Waals surface area contributed by atoms with Crippen LogP contribution in [0.3, 0.4) is 0 Å². The molecular weight excluding hydrogens is 499 g/mol. The van der Waals surface area contributed by atoms with Crippen molar-refractivity contribution >= 4 is 17.5 Å². The third kappa shape index (κ3) is 6.63. The van der Waals surface area contributed by atoms with E-state index in [4.69, 9.17) is 5.73 Å². The van der Waals surface area contributed by atoms with Gasteiger partial charge in [-0.1, -0.05) is 12.1 Å². The van der Waals surface area contributed by atoms with Gasteiger partial charge < -0.3 is 21.1 Å². The van der Waals surface area contributed by atoms with Gasteiger partial charge in [-0.2, -0.15) is 17.6 Å². The Balaban J connectivity index is 1.46. The summed E-state index contributed by atoms with van der Waals surface area (Å²) in [5.74, 6) is -1.64. The highest BCUT2D eigenvalue weighted by Gasteiger charge is 2.37. The fourth-order valence-corrected chi connectivity index (χ4v) is 4.71. The van der Waals surface area contributed by atoms with E-state index in [9.17, 15) is 27.5 Å². The van der Waals surface area contributed by atoms with Crippen LogP contribution in [0, 0.1) is 11.7 Å². The molecule has 37 heavy (non-hydrogen) atoms. The zero-order valence-electron chi connectivity index (χ0n) is 20.0. The summed E-state index contributed by atoms with van der Waals surface area (Å²) in [5, 5.41) is 13.4. The number of hydrogen-bond donors (Lipinski definition) is 3. The molecule has 1 amide bonds. The number of nitrogens with two attached hydrogens (primary N) is 1. The fourth-order valence-electron chi connectivity index (χ4n) is 4.71. The molecule has 202 valence electrons. The van der Waals surface area contributed by atoms with Gasteiger partial charge in [0, 0.05) is 31.6 Å². The number of β-amino-alcohol motifs (C(OH)–C–C–N with tert-alkyl or cyclic N) is 1. The van der Waals surface area contributed by atoms with E-state index >= 15 is 4.39 Å². The lowest BCUT2D eigenvalue weighted by Crippen LogP contribution is -2.48. The average Bonchev–Trinajstić information content (AvgIpc) is 2.80. The van der Waals surface area contributed by atoms with Crippen LogP contribution in [0.5, 0.6) is 0 Å². The van der Waals surface area contributed by atoms with E-state index in [1.165, 1.54) is 12.1 Å². The number of rotatable bonds is 9. The van der Waals surface area contributed by atoms with Crippen molar-refractivity contribution < 1.29 is 31.9 Å². The van der Waals surface area contributed by atoms with Crippen LogP contribution in [0.25, 0.3) is 0 Å². The van der Waals surface area contributed by atoms with E-state index in [0.717, 1.165) is 18.5 Å². The molecule has 1 saturated heterocycles. The lowest BCUT2D eigenvalue weighted by molar-refractivity contribution is -0.137. The predicted octanol–water partition coefficient (Wildman–Crippen LogP) is 2.72. The molecule has 0 radical (unpaired) electrons. The second kappa shape index (κ2) is 11.1. The normalized spacial score (nSPS) is 24.4. The summed E-state index contributed by atoms with van der Waals surface area (Å²) in [6.07, 6.45) is -4.23. The molecular formula is C24H29F5N6O2. The molecule has 2 atom stereocenters. The highest BCUT2D eigenvalue weighted by molar-refractivity contribution is 5.75. The minimum absolute atomic E-state index is 0.0416. The number of carbonyl (C=O) groups is 1. The van der Waals surface area contributed by atoms with E-state index in [2.05, 4.69) is 15.3 Å². The summed E-state index contributed by atoms with van der Waals surface area (Å²) in [4.78, 5) is 22.5. The molecule has 4 rings (SSSR count). The third-order valence-corrected chi connectivity index (χ3v) is 6.89. The number of likely N-dealkylation sites (tertiary alicyclic amines) is 1. The molecule has 0 spiro atoms. The maximum absolute atomic E-state index is 15.5. The number of benzene rings is 1. The van der Waals surface area contributed by atoms with Crippen LogP contribution >= 0.6 is 0 Å². The number of aromatic nitrogens is 2. The number of nitrogens with one attached hydrogen (secondary N) is 1. The molecule has 1 saturated carbocycles. The lowest BCUT2D eigenvalue weighted by atomic mass is 9.89. The van der Waals surface area contributed by atoms with Gasteiger partial charge in [0.05, 0.1) is 18.2 Å². The molecule has 0 unspecified atom stereocenters. The standard InChI is InChI=1S/C24H29F5N6O2/c25-17-7-18(8-17)35(10-14-1-3-16(4-2-14)24(27,28)29)23-21(26)22(32-13-33-23)31-9-15-5-6-34(11-19(15)36)12-20(30)37/h1-4,13,15,17-19,36H,5-12H2,(H2,30,37)(H,31,32,33)/t15-,17?,18?,19+/m0/s1. The van der Waals surface area contributed by atoms with Crippen LogP contribution in [-0.4, -0.2) is 70.4 Å². The second-order valence-electron chi connectivity index (χ2n) is 9.60. The summed E-state index contributed by atoms with van der Waals surface area (Å²) in [6.45, 7) is 1.13. The van der Waals surface area contributed by atoms with Gasteiger partial charge in [-0.05, 0) is 43.5 Å². The first-order valence-corrected chi connectivity index (χ1v) is 12.0. The van der Waals surface area contributed by atoms with Crippen molar-refractivity contribution in [2.45, 2.75) is 50.3 Å². The van der Waals surface area contributed by atoms with Gasteiger partial charge in [-0.3, -0.25) is 9.69 Å². The van der Waals surface area contributed by atoms with Gasteiger partial charge in [0.1, 0.15) is 12.5 Å². The molecule has 1 aliphatic heterocycles. The number of nitrogens with zero attached hydrogens (tertiary/aromatic N) is 4. The van der Waals surface area contributed by atoms with Crippen molar-refractivity contribution in [1.29, 1.82) is 0 Å². The monoisotopic (exact) mass is 528 g/mol. The Morgan fingerprint density at radius 2 is 1.92 bits per heavy atom. The molecule has 2 aromatic rings.